The molecule has 1 atom stereocenters. The molecule has 1 N–H and O–H groups in total. The third-order valence-electron chi connectivity index (χ3n) is 3.98. The average Bonchev–Trinajstić information content (AvgIpc) is 3.09. The Kier molecular flexibility index (Phi) is 2.92. The molecule has 18 heavy (non-hydrogen) atoms. The van der Waals surface area contributed by atoms with Crippen LogP contribution in [0.4, 0.5) is 0 Å². The topological polar surface area (TPSA) is 29.9 Å². The van der Waals surface area contributed by atoms with Crippen molar-refractivity contribution in [3.63, 3.8) is 0 Å². The quantitative estimate of drug-likeness (QED) is 0.895. The first-order valence-corrected chi connectivity index (χ1v) is 6.71. The lowest BCUT2D eigenvalue weighted by Gasteiger charge is -2.29. The van der Waals surface area contributed by atoms with E-state index in [4.69, 9.17) is 0 Å². The molecule has 3 heteroatoms. The molecule has 3 rings (SSSR count). The summed E-state index contributed by atoms with van der Waals surface area (Å²) in [7, 11) is 0. The van der Waals surface area contributed by atoms with Gasteiger partial charge in [-0.3, -0.25) is 0 Å². The van der Waals surface area contributed by atoms with Crippen molar-refractivity contribution in [2.24, 2.45) is 0 Å². The molecule has 0 amide bonds. The smallest absolute Gasteiger partial charge is 0.0649 e. The Morgan fingerprint density at radius 3 is 2.78 bits per heavy atom. The van der Waals surface area contributed by atoms with E-state index in [0.29, 0.717) is 0 Å². The fourth-order valence-corrected chi connectivity index (χ4v) is 2.95. The molecule has 0 spiro atoms. The Hall–Kier alpha value is -1.61. The number of hydrogen-bond acceptors (Lipinski definition) is 2. The van der Waals surface area contributed by atoms with Crippen molar-refractivity contribution in [2.75, 3.05) is 6.54 Å². The minimum atomic E-state index is 0.104. The highest BCUT2D eigenvalue weighted by atomic mass is 15.3. The lowest BCUT2D eigenvalue weighted by molar-refractivity contribution is 0.356. The molecule has 2 aromatic rings. The zero-order valence-corrected chi connectivity index (χ0v) is 10.8. The van der Waals surface area contributed by atoms with Gasteiger partial charge in [0, 0.05) is 6.20 Å². The largest absolute Gasteiger partial charge is 0.306 e. The van der Waals surface area contributed by atoms with Gasteiger partial charge >= 0.3 is 0 Å². The molecule has 0 saturated carbocycles. The lowest BCUT2D eigenvalue weighted by atomic mass is 9.90. The van der Waals surface area contributed by atoms with Gasteiger partial charge in [0.25, 0.3) is 0 Å². The van der Waals surface area contributed by atoms with Gasteiger partial charge in [-0.25, -0.2) is 4.68 Å². The van der Waals surface area contributed by atoms with Crippen LogP contribution in [0.3, 0.4) is 0 Å². The summed E-state index contributed by atoms with van der Waals surface area (Å²) in [6.07, 6.45) is 5.45. The number of hydrogen-bond donors (Lipinski definition) is 1. The first kappa shape index (κ1) is 11.5. The minimum Gasteiger partial charge on any atom is -0.306 e. The molecular weight excluding hydrogens is 222 g/mol. The van der Waals surface area contributed by atoms with E-state index in [0.717, 1.165) is 18.7 Å². The van der Waals surface area contributed by atoms with E-state index < -0.39 is 0 Å². The Bertz CT molecular complexity index is 510. The molecule has 1 aromatic heterocycles. The van der Waals surface area contributed by atoms with Crippen molar-refractivity contribution in [3.8, 4) is 5.69 Å². The van der Waals surface area contributed by atoms with E-state index >= 15 is 0 Å². The Morgan fingerprint density at radius 1 is 1.28 bits per heavy atom. The summed E-state index contributed by atoms with van der Waals surface area (Å²) < 4.78 is 2.07. The molecule has 1 aliphatic heterocycles. The van der Waals surface area contributed by atoms with Crippen LogP contribution in [-0.4, -0.2) is 16.3 Å². The van der Waals surface area contributed by atoms with E-state index in [2.05, 4.69) is 52.4 Å². The van der Waals surface area contributed by atoms with Crippen LogP contribution in [0, 0.1) is 0 Å². The van der Waals surface area contributed by atoms with Gasteiger partial charge in [-0.2, -0.15) is 5.10 Å². The fourth-order valence-electron chi connectivity index (χ4n) is 2.95. The maximum atomic E-state index is 4.50. The molecule has 1 unspecified atom stereocenters. The summed E-state index contributed by atoms with van der Waals surface area (Å²) in [5.74, 6) is 0. The fraction of sp³-hybridized carbons (Fsp3) is 0.400. The van der Waals surface area contributed by atoms with Crippen molar-refractivity contribution in [1.82, 2.24) is 15.1 Å². The van der Waals surface area contributed by atoms with Crippen LogP contribution in [0.5, 0.6) is 0 Å². The second kappa shape index (κ2) is 4.58. The van der Waals surface area contributed by atoms with Crippen LogP contribution in [0.15, 0.2) is 42.6 Å². The molecule has 94 valence electrons. The van der Waals surface area contributed by atoms with Crippen LogP contribution in [0.25, 0.3) is 5.69 Å². The maximum absolute atomic E-state index is 4.50. The standard InChI is InChI=1S/C15H19N3/c1-2-15(10-6-11-16-15)14-9-12-17-18(14)13-7-4-3-5-8-13/h3-5,7-9,12,16H,2,6,10-11H2,1H3. The van der Waals surface area contributed by atoms with Gasteiger partial charge in [-0.15, -0.1) is 0 Å². The molecule has 0 radical (unpaired) electrons. The molecule has 0 bridgehead atoms. The predicted molar refractivity (Wildman–Crippen MR) is 72.8 cm³/mol. The van der Waals surface area contributed by atoms with Gasteiger partial charge in [0.2, 0.25) is 0 Å². The molecule has 1 aliphatic rings. The van der Waals surface area contributed by atoms with E-state index in [1.165, 1.54) is 18.5 Å². The minimum absolute atomic E-state index is 0.104. The number of benzene rings is 1. The zero-order chi connectivity index (χ0) is 12.4. The first-order valence-electron chi connectivity index (χ1n) is 6.71. The molecule has 1 saturated heterocycles. The van der Waals surface area contributed by atoms with Crippen molar-refractivity contribution < 1.29 is 0 Å². The summed E-state index contributed by atoms with van der Waals surface area (Å²) in [5, 5.41) is 8.17. The summed E-state index contributed by atoms with van der Waals surface area (Å²) >= 11 is 0. The summed E-state index contributed by atoms with van der Waals surface area (Å²) in [6, 6.07) is 12.5. The lowest BCUT2D eigenvalue weighted by Crippen LogP contribution is -2.38. The predicted octanol–water partition coefficient (Wildman–Crippen LogP) is 2.86. The number of nitrogens with one attached hydrogen (secondary N) is 1. The van der Waals surface area contributed by atoms with Crippen LogP contribution in [0.1, 0.15) is 31.9 Å². The Labute approximate surface area is 108 Å². The number of nitrogens with zero attached hydrogens (tertiary/aromatic N) is 2. The first-order chi connectivity index (χ1) is 8.86. The van der Waals surface area contributed by atoms with Gasteiger partial charge in [-0.05, 0) is 44.0 Å². The summed E-state index contributed by atoms with van der Waals surface area (Å²) in [5.41, 5.74) is 2.53. The van der Waals surface area contributed by atoms with Gasteiger partial charge < -0.3 is 5.32 Å². The van der Waals surface area contributed by atoms with Gasteiger partial charge in [0.15, 0.2) is 0 Å². The van der Waals surface area contributed by atoms with Gasteiger partial charge in [0.1, 0.15) is 0 Å². The molecule has 0 aliphatic carbocycles. The summed E-state index contributed by atoms with van der Waals surface area (Å²) in [4.78, 5) is 0. The molecule has 1 aromatic carbocycles. The van der Waals surface area contributed by atoms with Crippen molar-refractivity contribution >= 4 is 0 Å². The van der Waals surface area contributed by atoms with Gasteiger partial charge in [0.05, 0.1) is 16.9 Å². The highest BCUT2D eigenvalue weighted by Gasteiger charge is 2.36. The second-order valence-corrected chi connectivity index (χ2v) is 4.93. The zero-order valence-electron chi connectivity index (χ0n) is 10.8. The number of para-hydroxylation sites is 1. The van der Waals surface area contributed by atoms with Crippen LogP contribution < -0.4 is 5.32 Å². The Balaban J connectivity index is 2.06. The third-order valence-corrected chi connectivity index (χ3v) is 3.98. The highest BCUT2D eigenvalue weighted by Crippen LogP contribution is 2.34. The molecule has 2 heterocycles. The van der Waals surface area contributed by atoms with Crippen LogP contribution in [-0.2, 0) is 5.54 Å². The van der Waals surface area contributed by atoms with Crippen molar-refractivity contribution in [1.29, 1.82) is 0 Å². The Morgan fingerprint density at radius 2 is 2.11 bits per heavy atom. The van der Waals surface area contributed by atoms with E-state index in [1.807, 2.05) is 12.3 Å². The van der Waals surface area contributed by atoms with Crippen molar-refractivity contribution in [3.05, 3.63) is 48.3 Å². The number of rotatable bonds is 3. The maximum Gasteiger partial charge on any atom is 0.0649 e. The highest BCUT2D eigenvalue weighted by molar-refractivity contribution is 5.34. The molecular formula is C15H19N3. The molecule has 1 fully saturated rings. The second-order valence-electron chi connectivity index (χ2n) is 4.93. The number of aromatic nitrogens is 2. The normalized spacial score (nSPS) is 23.4. The SMILES string of the molecule is CCC1(c2ccnn2-c2ccccc2)CCCN1. The van der Waals surface area contributed by atoms with Gasteiger partial charge in [-0.1, -0.05) is 25.1 Å². The monoisotopic (exact) mass is 241 g/mol. The van der Waals surface area contributed by atoms with E-state index in [1.54, 1.807) is 0 Å². The molecule has 3 nitrogen and oxygen atoms in total. The van der Waals surface area contributed by atoms with Crippen LogP contribution >= 0.6 is 0 Å². The van der Waals surface area contributed by atoms with E-state index in [9.17, 15) is 0 Å². The third kappa shape index (κ3) is 1.75. The van der Waals surface area contributed by atoms with Crippen LogP contribution in [0.2, 0.25) is 0 Å². The average molecular weight is 241 g/mol. The van der Waals surface area contributed by atoms with E-state index in [-0.39, 0.29) is 5.54 Å². The summed E-state index contributed by atoms with van der Waals surface area (Å²) in [6.45, 7) is 3.36. The van der Waals surface area contributed by atoms with Crippen molar-refractivity contribution in [2.45, 2.75) is 31.7 Å².